The van der Waals surface area contributed by atoms with Gasteiger partial charge in [0.15, 0.2) is 0 Å². The van der Waals surface area contributed by atoms with Gasteiger partial charge in [-0.3, -0.25) is 0 Å². The molecule has 0 fully saturated rings. The van der Waals surface area contributed by atoms with Gasteiger partial charge in [-0.15, -0.1) is 6.58 Å². The molecule has 0 bridgehead atoms. The van der Waals surface area contributed by atoms with Crippen molar-refractivity contribution in [3.8, 4) is 0 Å². The third-order valence-corrected chi connectivity index (χ3v) is 6.52. The van der Waals surface area contributed by atoms with Crippen LogP contribution in [0, 0.1) is 0 Å². The molecule has 0 aromatic heterocycles. The summed E-state index contributed by atoms with van der Waals surface area (Å²) in [6, 6.07) is 22.2. The first-order valence-electron chi connectivity index (χ1n) is 6.64. The van der Waals surface area contributed by atoms with Crippen LogP contribution in [0.4, 0.5) is 4.39 Å². The van der Waals surface area contributed by atoms with Crippen LogP contribution >= 0.6 is 0 Å². The number of halogens is 1. The lowest BCUT2D eigenvalue weighted by Gasteiger charge is -2.17. The molecule has 0 aliphatic heterocycles. The topological polar surface area (TPSA) is 0 Å². The zero-order chi connectivity index (χ0) is 13.5. The van der Waals surface area contributed by atoms with Crippen molar-refractivity contribution in [2.45, 2.75) is 17.9 Å². The molecule has 0 spiro atoms. The van der Waals surface area contributed by atoms with Crippen LogP contribution < -0.4 is 0 Å². The third kappa shape index (κ3) is 4.18. The van der Waals surface area contributed by atoms with E-state index < -0.39 is 14.6 Å². The Kier molecular flexibility index (Phi) is 5.10. The summed E-state index contributed by atoms with van der Waals surface area (Å²) < 4.78 is 14.1. The van der Waals surface area contributed by atoms with Gasteiger partial charge in [0.2, 0.25) is 0 Å². The second-order valence-corrected chi connectivity index (χ2v) is 7.79. The van der Waals surface area contributed by atoms with Crippen molar-refractivity contribution in [2.24, 2.45) is 0 Å². The fourth-order valence-electron chi connectivity index (χ4n) is 2.32. The molecule has 0 nitrogen and oxygen atoms in total. The highest BCUT2D eigenvalue weighted by Crippen LogP contribution is 2.13. The van der Waals surface area contributed by atoms with E-state index in [0.29, 0.717) is 0 Å². The predicted molar refractivity (Wildman–Crippen MR) is 82.5 cm³/mol. The standard InChI is InChI=1S/C17H19FSi/c1-2-17(18)19(13-15-9-5-3-6-10-15)14-16-11-7-4-8-12-16/h2-12,17,19H,1,13-14H2. The molecule has 19 heavy (non-hydrogen) atoms. The van der Waals surface area contributed by atoms with Crippen molar-refractivity contribution >= 4 is 8.80 Å². The molecule has 1 atom stereocenters. The van der Waals surface area contributed by atoms with E-state index in [4.69, 9.17) is 0 Å². The minimum atomic E-state index is -1.57. The van der Waals surface area contributed by atoms with Crippen molar-refractivity contribution in [1.29, 1.82) is 0 Å². The Morgan fingerprint density at radius 3 is 1.68 bits per heavy atom. The summed E-state index contributed by atoms with van der Waals surface area (Å²) in [6.45, 7) is 3.62. The van der Waals surface area contributed by atoms with Crippen LogP contribution in [-0.4, -0.2) is 14.6 Å². The van der Waals surface area contributed by atoms with E-state index in [1.54, 1.807) is 0 Å². The SMILES string of the molecule is C=CC(F)[SiH](Cc1ccccc1)Cc1ccccc1. The molecule has 2 aromatic carbocycles. The molecule has 2 aromatic rings. The fraction of sp³-hybridized carbons (Fsp3) is 0.176. The molecule has 1 unspecified atom stereocenters. The summed E-state index contributed by atoms with van der Waals surface area (Å²) in [5.41, 5.74) is 2.47. The van der Waals surface area contributed by atoms with E-state index in [1.807, 2.05) is 36.4 Å². The summed E-state index contributed by atoms with van der Waals surface area (Å²) in [5, 5.41) is 0. The van der Waals surface area contributed by atoms with Crippen molar-refractivity contribution in [3.05, 3.63) is 84.4 Å². The molecule has 2 heteroatoms. The highest BCUT2D eigenvalue weighted by Gasteiger charge is 2.21. The molecule has 2 rings (SSSR count). The minimum absolute atomic E-state index is 0.833. The lowest BCUT2D eigenvalue weighted by atomic mass is 10.2. The van der Waals surface area contributed by atoms with Gasteiger partial charge in [0.05, 0.1) is 8.80 Å². The van der Waals surface area contributed by atoms with Crippen LogP contribution in [0.5, 0.6) is 0 Å². The zero-order valence-electron chi connectivity index (χ0n) is 11.0. The van der Waals surface area contributed by atoms with Gasteiger partial charge in [-0.25, -0.2) is 4.39 Å². The van der Waals surface area contributed by atoms with E-state index >= 15 is 0 Å². The van der Waals surface area contributed by atoms with Crippen LogP contribution in [-0.2, 0) is 12.1 Å². The van der Waals surface area contributed by atoms with Crippen molar-refractivity contribution < 1.29 is 4.39 Å². The number of hydrogen-bond donors (Lipinski definition) is 0. The van der Waals surface area contributed by atoms with Gasteiger partial charge < -0.3 is 0 Å². The number of hydrogen-bond acceptors (Lipinski definition) is 0. The van der Waals surface area contributed by atoms with Crippen LogP contribution in [0.15, 0.2) is 73.3 Å². The van der Waals surface area contributed by atoms with E-state index in [9.17, 15) is 4.39 Å². The third-order valence-electron chi connectivity index (χ3n) is 3.36. The van der Waals surface area contributed by atoms with E-state index in [0.717, 1.165) is 12.1 Å². The molecule has 98 valence electrons. The van der Waals surface area contributed by atoms with Crippen molar-refractivity contribution in [2.75, 3.05) is 0 Å². The highest BCUT2D eigenvalue weighted by atomic mass is 28.3. The number of benzene rings is 2. The molecular formula is C17H19FSi. The van der Waals surface area contributed by atoms with Gasteiger partial charge in [-0.1, -0.05) is 77.9 Å². The lowest BCUT2D eigenvalue weighted by Crippen LogP contribution is -2.31. The Labute approximate surface area is 116 Å². The first kappa shape index (κ1) is 13.8. The molecule has 0 aliphatic rings. The van der Waals surface area contributed by atoms with E-state index in [-0.39, 0.29) is 0 Å². The van der Waals surface area contributed by atoms with Gasteiger partial charge in [-0.2, -0.15) is 0 Å². The average molecular weight is 270 g/mol. The van der Waals surface area contributed by atoms with Gasteiger partial charge in [0.1, 0.15) is 5.79 Å². The predicted octanol–water partition coefficient (Wildman–Crippen LogP) is 3.84. The molecule has 0 amide bonds. The Hall–Kier alpha value is -1.67. The summed E-state index contributed by atoms with van der Waals surface area (Å²) in [7, 11) is -1.57. The summed E-state index contributed by atoms with van der Waals surface area (Å²) in [5.74, 6) is -0.833. The van der Waals surface area contributed by atoms with Crippen LogP contribution in [0.3, 0.4) is 0 Å². The first-order chi connectivity index (χ1) is 9.29. The normalized spacial score (nSPS) is 12.3. The van der Waals surface area contributed by atoms with Gasteiger partial charge in [-0.05, 0) is 12.1 Å². The average Bonchev–Trinajstić information content (AvgIpc) is 2.48. The van der Waals surface area contributed by atoms with Gasteiger partial charge in [0, 0.05) is 0 Å². The molecule has 0 radical (unpaired) electrons. The molecule has 0 aliphatic carbocycles. The Balaban J connectivity index is 2.10. The lowest BCUT2D eigenvalue weighted by molar-refractivity contribution is 0.497. The number of alkyl halides is 1. The van der Waals surface area contributed by atoms with Crippen LogP contribution in [0.1, 0.15) is 11.1 Å². The highest BCUT2D eigenvalue weighted by molar-refractivity contribution is 6.59. The van der Waals surface area contributed by atoms with E-state index in [1.165, 1.54) is 17.2 Å². The van der Waals surface area contributed by atoms with Crippen molar-refractivity contribution in [1.82, 2.24) is 0 Å². The maximum atomic E-state index is 14.1. The molecule has 0 N–H and O–H groups in total. The summed E-state index contributed by atoms with van der Waals surface area (Å²) in [6.07, 6.45) is 1.47. The minimum Gasteiger partial charge on any atom is -0.247 e. The van der Waals surface area contributed by atoms with Crippen molar-refractivity contribution in [3.63, 3.8) is 0 Å². The molecule has 0 heterocycles. The first-order valence-corrected chi connectivity index (χ1v) is 8.94. The maximum absolute atomic E-state index is 14.1. The van der Waals surface area contributed by atoms with Gasteiger partial charge >= 0.3 is 0 Å². The Bertz CT molecular complexity index is 454. The number of allylic oxidation sites excluding steroid dienone is 1. The fourth-order valence-corrected chi connectivity index (χ4v) is 5.06. The van der Waals surface area contributed by atoms with E-state index in [2.05, 4.69) is 30.8 Å². The second-order valence-electron chi connectivity index (χ2n) is 4.82. The molecule has 0 saturated heterocycles. The van der Waals surface area contributed by atoms with Gasteiger partial charge in [0.25, 0.3) is 0 Å². The Morgan fingerprint density at radius 2 is 1.32 bits per heavy atom. The smallest absolute Gasteiger partial charge is 0.104 e. The monoisotopic (exact) mass is 270 g/mol. The quantitative estimate of drug-likeness (QED) is 0.552. The molecule has 0 saturated carbocycles. The molecular weight excluding hydrogens is 251 g/mol. The van der Waals surface area contributed by atoms with Crippen LogP contribution in [0.2, 0.25) is 0 Å². The van der Waals surface area contributed by atoms with Crippen LogP contribution in [0.25, 0.3) is 0 Å². The zero-order valence-corrected chi connectivity index (χ0v) is 12.2. The summed E-state index contributed by atoms with van der Waals surface area (Å²) >= 11 is 0. The summed E-state index contributed by atoms with van der Waals surface area (Å²) in [4.78, 5) is 0. The maximum Gasteiger partial charge on any atom is 0.104 e. The number of rotatable bonds is 6. The largest absolute Gasteiger partial charge is 0.247 e. The Morgan fingerprint density at radius 1 is 0.895 bits per heavy atom. The second kappa shape index (κ2) is 7.05.